The highest BCUT2D eigenvalue weighted by atomic mass is 35.5. The Morgan fingerprint density at radius 3 is 2.47 bits per heavy atom. The summed E-state index contributed by atoms with van der Waals surface area (Å²) in [5, 5.41) is 3.50. The molecule has 30 heavy (non-hydrogen) atoms. The molecular formula is C23H22ClFN4O. The number of nitrogens with one attached hydrogen (secondary N) is 1. The van der Waals surface area contributed by atoms with Crippen LogP contribution in [0.3, 0.4) is 0 Å². The second-order valence-electron chi connectivity index (χ2n) is 7.26. The van der Waals surface area contributed by atoms with Gasteiger partial charge in [-0.05, 0) is 48.0 Å². The van der Waals surface area contributed by atoms with Crippen LogP contribution in [0.2, 0.25) is 5.02 Å². The van der Waals surface area contributed by atoms with E-state index >= 15 is 0 Å². The highest BCUT2D eigenvalue weighted by molar-refractivity contribution is 6.30. The van der Waals surface area contributed by atoms with E-state index in [1.807, 2.05) is 24.3 Å². The fourth-order valence-electron chi connectivity index (χ4n) is 3.46. The molecule has 4 rings (SSSR count). The zero-order valence-electron chi connectivity index (χ0n) is 16.4. The SMILES string of the molecule is O=C(Nc1ccc(N2CCN(Cc3ccc(Cl)cc3)CC2)nc1)c1cccc(F)c1. The van der Waals surface area contributed by atoms with Crippen LogP contribution in [0, 0.1) is 5.82 Å². The number of anilines is 2. The van der Waals surface area contributed by atoms with Crippen LogP contribution in [0.5, 0.6) is 0 Å². The van der Waals surface area contributed by atoms with Crippen molar-refractivity contribution in [3.8, 4) is 0 Å². The maximum atomic E-state index is 13.3. The van der Waals surface area contributed by atoms with Gasteiger partial charge in [0.05, 0.1) is 11.9 Å². The zero-order chi connectivity index (χ0) is 20.9. The van der Waals surface area contributed by atoms with E-state index < -0.39 is 5.82 Å². The van der Waals surface area contributed by atoms with Gasteiger partial charge in [0.25, 0.3) is 5.91 Å². The topological polar surface area (TPSA) is 48.5 Å². The molecule has 3 aromatic rings. The Balaban J connectivity index is 1.30. The molecule has 0 saturated carbocycles. The first-order valence-electron chi connectivity index (χ1n) is 9.81. The van der Waals surface area contributed by atoms with Crippen LogP contribution in [0.25, 0.3) is 0 Å². The number of nitrogens with zero attached hydrogens (tertiary/aromatic N) is 3. The van der Waals surface area contributed by atoms with E-state index in [0.29, 0.717) is 5.69 Å². The number of halogens is 2. The number of hydrogen-bond donors (Lipinski definition) is 1. The number of amides is 1. The van der Waals surface area contributed by atoms with Crippen LogP contribution in [-0.2, 0) is 6.54 Å². The normalized spacial score (nSPS) is 14.5. The van der Waals surface area contributed by atoms with Gasteiger partial charge in [-0.15, -0.1) is 0 Å². The number of benzene rings is 2. The second-order valence-corrected chi connectivity index (χ2v) is 7.70. The van der Waals surface area contributed by atoms with Crippen LogP contribution in [0.4, 0.5) is 15.9 Å². The molecule has 0 unspecified atom stereocenters. The molecule has 7 heteroatoms. The number of piperazine rings is 1. The second kappa shape index (κ2) is 9.24. The van der Waals surface area contributed by atoms with Gasteiger partial charge in [0, 0.05) is 43.3 Å². The van der Waals surface area contributed by atoms with Crippen molar-refractivity contribution in [3.63, 3.8) is 0 Å². The summed E-state index contributed by atoms with van der Waals surface area (Å²) in [5.74, 6) is 0.0797. The Morgan fingerprint density at radius 1 is 1.03 bits per heavy atom. The Kier molecular flexibility index (Phi) is 6.26. The summed E-state index contributed by atoms with van der Waals surface area (Å²) in [7, 11) is 0. The zero-order valence-corrected chi connectivity index (χ0v) is 17.1. The lowest BCUT2D eigenvalue weighted by molar-refractivity contribution is 0.102. The summed E-state index contributed by atoms with van der Waals surface area (Å²) in [6.07, 6.45) is 1.63. The van der Waals surface area contributed by atoms with Crippen molar-refractivity contribution >= 4 is 29.0 Å². The van der Waals surface area contributed by atoms with Gasteiger partial charge in [-0.3, -0.25) is 9.69 Å². The molecule has 0 atom stereocenters. The van der Waals surface area contributed by atoms with Gasteiger partial charge >= 0.3 is 0 Å². The average Bonchev–Trinajstić information content (AvgIpc) is 2.76. The minimum absolute atomic E-state index is 0.274. The first-order chi connectivity index (χ1) is 14.6. The molecule has 0 spiro atoms. The fourth-order valence-corrected chi connectivity index (χ4v) is 3.59. The minimum Gasteiger partial charge on any atom is -0.354 e. The Labute approximate surface area is 180 Å². The van der Waals surface area contributed by atoms with Crippen LogP contribution < -0.4 is 10.2 Å². The number of pyridine rings is 1. The van der Waals surface area contributed by atoms with Crippen LogP contribution >= 0.6 is 11.6 Å². The molecule has 2 aromatic carbocycles. The third-order valence-electron chi connectivity index (χ3n) is 5.11. The smallest absolute Gasteiger partial charge is 0.255 e. The van der Waals surface area contributed by atoms with Crippen molar-refractivity contribution in [3.05, 3.63) is 88.8 Å². The summed E-state index contributed by atoms with van der Waals surface area (Å²) in [6, 6.07) is 17.3. The van der Waals surface area contributed by atoms with Crippen molar-refractivity contribution < 1.29 is 9.18 Å². The Hall–Kier alpha value is -2.96. The van der Waals surface area contributed by atoms with E-state index in [4.69, 9.17) is 11.6 Å². The number of aromatic nitrogens is 1. The summed E-state index contributed by atoms with van der Waals surface area (Å²) in [4.78, 5) is 21.4. The molecule has 2 heterocycles. The maximum Gasteiger partial charge on any atom is 0.255 e. The van der Waals surface area contributed by atoms with E-state index in [2.05, 4.69) is 32.2 Å². The standard InChI is InChI=1S/C23H22ClFN4O/c24-19-6-4-17(5-7-19)16-28-10-12-29(13-11-28)22-9-8-21(15-26-22)27-23(30)18-2-1-3-20(25)14-18/h1-9,14-15H,10-13,16H2,(H,27,30). The van der Waals surface area contributed by atoms with Gasteiger partial charge in [-0.2, -0.15) is 0 Å². The van der Waals surface area contributed by atoms with Crippen molar-refractivity contribution in [2.24, 2.45) is 0 Å². The molecule has 0 radical (unpaired) electrons. The highest BCUT2D eigenvalue weighted by Gasteiger charge is 2.18. The third-order valence-corrected chi connectivity index (χ3v) is 5.36. The van der Waals surface area contributed by atoms with Crippen molar-refractivity contribution in [2.75, 3.05) is 36.4 Å². The Morgan fingerprint density at radius 2 is 1.80 bits per heavy atom. The molecule has 0 bridgehead atoms. The molecule has 154 valence electrons. The lowest BCUT2D eigenvalue weighted by Gasteiger charge is -2.35. The minimum atomic E-state index is -0.439. The monoisotopic (exact) mass is 424 g/mol. The molecule has 1 fully saturated rings. The third kappa shape index (κ3) is 5.14. The largest absolute Gasteiger partial charge is 0.354 e. The summed E-state index contributed by atoms with van der Waals surface area (Å²) in [5.41, 5.74) is 2.11. The van der Waals surface area contributed by atoms with Crippen LogP contribution in [0.15, 0.2) is 66.9 Å². The lowest BCUT2D eigenvalue weighted by Crippen LogP contribution is -2.46. The number of carbonyl (C=O) groups is 1. The maximum absolute atomic E-state index is 13.3. The van der Waals surface area contributed by atoms with Crippen LogP contribution in [-0.4, -0.2) is 42.0 Å². The van der Waals surface area contributed by atoms with Gasteiger partial charge in [-0.25, -0.2) is 9.37 Å². The number of hydrogen-bond acceptors (Lipinski definition) is 4. The van der Waals surface area contributed by atoms with Crippen molar-refractivity contribution in [1.29, 1.82) is 0 Å². The molecular weight excluding hydrogens is 403 g/mol. The number of rotatable bonds is 5. The van der Waals surface area contributed by atoms with E-state index in [0.717, 1.165) is 43.6 Å². The van der Waals surface area contributed by atoms with Crippen molar-refractivity contribution in [2.45, 2.75) is 6.54 Å². The molecule has 1 aliphatic rings. The van der Waals surface area contributed by atoms with Gasteiger partial charge < -0.3 is 10.2 Å². The lowest BCUT2D eigenvalue weighted by atomic mass is 10.2. The number of carbonyl (C=O) groups excluding carboxylic acids is 1. The van der Waals surface area contributed by atoms with E-state index in [9.17, 15) is 9.18 Å². The van der Waals surface area contributed by atoms with E-state index in [1.165, 1.54) is 23.8 Å². The first-order valence-corrected chi connectivity index (χ1v) is 10.2. The fraction of sp³-hybridized carbons (Fsp3) is 0.217. The van der Waals surface area contributed by atoms with E-state index in [1.54, 1.807) is 12.3 Å². The highest BCUT2D eigenvalue weighted by Crippen LogP contribution is 2.18. The molecule has 1 aromatic heterocycles. The average molecular weight is 425 g/mol. The molecule has 1 saturated heterocycles. The van der Waals surface area contributed by atoms with E-state index in [-0.39, 0.29) is 11.5 Å². The van der Waals surface area contributed by atoms with Gasteiger partial charge in [0.1, 0.15) is 11.6 Å². The molecule has 5 nitrogen and oxygen atoms in total. The summed E-state index contributed by atoms with van der Waals surface area (Å²) >= 11 is 5.95. The molecule has 0 aliphatic carbocycles. The summed E-state index contributed by atoms with van der Waals surface area (Å²) < 4.78 is 13.3. The van der Waals surface area contributed by atoms with Gasteiger partial charge in [0.15, 0.2) is 0 Å². The van der Waals surface area contributed by atoms with Gasteiger partial charge in [-0.1, -0.05) is 29.8 Å². The molecule has 1 aliphatic heterocycles. The first kappa shape index (κ1) is 20.3. The quantitative estimate of drug-likeness (QED) is 0.657. The van der Waals surface area contributed by atoms with Crippen molar-refractivity contribution in [1.82, 2.24) is 9.88 Å². The van der Waals surface area contributed by atoms with Crippen LogP contribution in [0.1, 0.15) is 15.9 Å². The molecule has 1 N–H and O–H groups in total. The predicted molar refractivity (Wildman–Crippen MR) is 118 cm³/mol. The molecule has 1 amide bonds. The Bertz CT molecular complexity index is 1000. The summed E-state index contributed by atoms with van der Waals surface area (Å²) in [6.45, 7) is 4.57. The van der Waals surface area contributed by atoms with Gasteiger partial charge in [0.2, 0.25) is 0 Å². The predicted octanol–water partition coefficient (Wildman–Crippen LogP) is 4.45.